The van der Waals surface area contributed by atoms with Crippen LogP contribution in [0.4, 0.5) is 4.39 Å². The smallest absolute Gasteiger partial charge is 0.127 e. The maximum absolute atomic E-state index is 13.5. The number of rotatable bonds is 3. The van der Waals surface area contributed by atoms with Gasteiger partial charge in [0.25, 0.3) is 0 Å². The van der Waals surface area contributed by atoms with Gasteiger partial charge in [0.05, 0.1) is 5.69 Å². The quantitative estimate of drug-likeness (QED) is 0.881. The Kier molecular flexibility index (Phi) is 3.24. The molecule has 2 aromatic rings. The molecular formula is C13H16FN3. The number of nitrogens with zero attached hydrogens (tertiary/aromatic N) is 2. The Labute approximate surface area is 100 Å². The zero-order valence-corrected chi connectivity index (χ0v) is 10.3. The maximum Gasteiger partial charge on any atom is 0.127 e. The highest BCUT2D eigenvalue weighted by Crippen LogP contribution is 2.24. The van der Waals surface area contributed by atoms with Gasteiger partial charge in [0.15, 0.2) is 0 Å². The summed E-state index contributed by atoms with van der Waals surface area (Å²) in [6, 6.07) is 5.17. The molecule has 2 rings (SSSR count). The minimum absolute atomic E-state index is 0.176. The average molecular weight is 233 g/mol. The third kappa shape index (κ3) is 2.36. The second-order valence-electron chi connectivity index (χ2n) is 4.14. The summed E-state index contributed by atoms with van der Waals surface area (Å²) < 4.78 is 15.3. The molecule has 0 saturated carbocycles. The topological polar surface area (TPSA) is 29.9 Å². The molecule has 1 N–H and O–H groups in total. The maximum atomic E-state index is 13.5. The Balaban J connectivity index is 2.46. The van der Waals surface area contributed by atoms with Crippen molar-refractivity contribution in [2.45, 2.75) is 13.5 Å². The molecule has 0 spiro atoms. The Bertz CT molecular complexity index is 531. The number of benzene rings is 1. The van der Waals surface area contributed by atoms with Crippen molar-refractivity contribution < 1.29 is 4.39 Å². The van der Waals surface area contributed by atoms with E-state index < -0.39 is 0 Å². The molecule has 0 amide bonds. The predicted molar refractivity (Wildman–Crippen MR) is 66.1 cm³/mol. The van der Waals surface area contributed by atoms with E-state index in [9.17, 15) is 4.39 Å². The van der Waals surface area contributed by atoms with E-state index >= 15 is 0 Å². The molecule has 0 saturated heterocycles. The molecule has 0 radical (unpaired) electrons. The first kappa shape index (κ1) is 11.8. The number of aromatic nitrogens is 2. The Morgan fingerprint density at radius 2 is 2.18 bits per heavy atom. The summed E-state index contributed by atoms with van der Waals surface area (Å²) in [7, 11) is 3.69. The van der Waals surface area contributed by atoms with Gasteiger partial charge in [0, 0.05) is 30.9 Å². The van der Waals surface area contributed by atoms with Crippen molar-refractivity contribution in [3.8, 4) is 11.1 Å². The minimum atomic E-state index is -0.176. The van der Waals surface area contributed by atoms with Gasteiger partial charge in [0.1, 0.15) is 5.82 Å². The van der Waals surface area contributed by atoms with Crippen molar-refractivity contribution in [1.82, 2.24) is 15.1 Å². The van der Waals surface area contributed by atoms with E-state index in [2.05, 4.69) is 10.4 Å². The van der Waals surface area contributed by atoms with E-state index in [0.29, 0.717) is 12.1 Å². The SMILES string of the molecule is CNCc1cc(-c2cn(C)nc2C)ccc1F. The van der Waals surface area contributed by atoms with Crippen molar-refractivity contribution in [3.63, 3.8) is 0 Å². The number of nitrogens with one attached hydrogen (secondary N) is 1. The molecule has 4 heteroatoms. The van der Waals surface area contributed by atoms with E-state index in [1.807, 2.05) is 26.2 Å². The molecule has 0 aliphatic carbocycles. The third-order valence-electron chi connectivity index (χ3n) is 2.74. The summed E-state index contributed by atoms with van der Waals surface area (Å²) in [5.41, 5.74) is 3.68. The van der Waals surface area contributed by atoms with E-state index in [1.165, 1.54) is 6.07 Å². The van der Waals surface area contributed by atoms with E-state index in [1.54, 1.807) is 17.8 Å². The fourth-order valence-corrected chi connectivity index (χ4v) is 1.95. The monoisotopic (exact) mass is 233 g/mol. The van der Waals surface area contributed by atoms with Crippen molar-refractivity contribution in [1.29, 1.82) is 0 Å². The second kappa shape index (κ2) is 4.67. The summed E-state index contributed by atoms with van der Waals surface area (Å²) in [5.74, 6) is -0.176. The van der Waals surface area contributed by atoms with Gasteiger partial charge in [-0.05, 0) is 31.7 Å². The highest BCUT2D eigenvalue weighted by molar-refractivity contribution is 5.65. The van der Waals surface area contributed by atoms with E-state index in [4.69, 9.17) is 0 Å². The summed E-state index contributed by atoms with van der Waals surface area (Å²) in [6.45, 7) is 2.48. The lowest BCUT2D eigenvalue weighted by molar-refractivity contribution is 0.601. The van der Waals surface area contributed by atoms with Crippen LogP contribution in [0, 0.1) is 12.7 Å². The van der Waals surface area contributed by atoms with Crippen LogP contribution in [0.2, 0.25) is 0 Å². The van der Waals surface area contributed by atoms with Gasteiger partial charge in [0.2, 0.25) is 0 Å². The normalized spacial score (nSPS) is 10.8. The molecule has 90 valence electrons. The van der Waals surface area contributed by atoms with Crippen molar-refractivity contribution in [2.75, 3.05) is 7.05 Å². The summed E-state index contributed by atoms with van der Waals surface area (Å²) in [4.78, 5) is 0. The molecular weight excluding hydrogens is 217 g/mol. The van der Waals surface area contributed by atoms with Crippen LogP contribution in [-0.2, 0) is 13.6 Å². The van der Waals surface area contributed by atoms with Crippen LogP contribution in [0.25, 0.3) is 11.1 Å². The van der Waals surface area contributed by atoms with Gasteiger partial charge in [-0.2, -0.15) is 5.10 Å². The predicted octanol–water partition coefficient (Wildman–Crippen LogP) is 2.25. The lowest BCUT2D eigenvalue weighted by atomic mass is 10.0. The summed E-state index contributed by atoms with van der Waals surface area (Å²) in [5, 5.41) is 7.26. The van der Waals surface area contributed by atoms with Gasteiger partial charge in [-0.15, -0.1) is 0 Å². The van der Waals surface area contributed by atoms with Crippen LogP contribution in [0.5, 0.6) is 0 Å². The zero-order chi connectivity index (χ0) is 12.4. The first-order valence-electron chi connectivity index (χ1n) is 5.55. The highest BCUT2D eigenvalue weighted by atomic mass is 19.1. The van der Waals surface area contributed by atoms with Crippen LogP contribution < -0.4 is 5.32 Å². The first-order valence-corrected chi connectivity index (χ1v) is 5.55. The Morgan fingerprint density at radius 1 is 1.41 bits per heavy atom. The summed E-state index contributed by atoms with van der Waals surface area (Å²) in [6.07, 6.45) is 1.95. The lowest BCUT2D eigenvalue weighted by Gasteiger charge is -2.05. The second-order valence-corrected chi connectivity index (χ2v) is 4.14. The molecule has 0 aliphatic heterocycles. The van der Waals surface area contributed by atoms with Crippen molar-refractivity contribution in [2.24, 2.45) is 7.05 Å². The number of hydrogen-bond donors (Lipinski definition) is 1. The molecule has 0 atom stereocenters. The third-order valence-corrected chi connectivity index (χ3v) is 2.74. The highest BCUT2D eigenvalue weighted by Gasteiger charge is 2.09. The fourth-order valence-electron chi connectivity index (χ4n) is 1.95. The largest absolute Gasteiger partial charge is 0.316 e. The molecule has 0 fully saturated rings. The van der Waals surface area contributed by atoms with Gasteiger partial charge < -0.3 is 5.32 Å². The number of hydrogen-bond acceptors (Lipinski definition) is 2. The van der Waals surface area contributed by atoms with Crippen molar-refractivity contribution in [3.05, 3.63) is 41.5 Å². The number of halogens is 1. The van der Waals surface area contributed by atoms with Crippen LogP contribution >= 0.6 is 0 Å². The Morgan fingerprint density at radius 3 is 2.76 bits per heavy atom. The molecule has 1 heterocycles. The summed E-state index contributed by atoms with van der Waals surface area (Å²) >= 11 is 0. The standard InChI is InChI=1S/C13H16FN3/c1-9-12(8-17(3)16-9)10-4-5-13(14)11(6-10)7-15-2/h4-6,8,15H,7H2,1-3H3. The van der Waals surface area contributed by atoms with Gasteiger partial charge >= 0.3 is 0 Å². The van der Waals surface area contributed by atoms with E-state index in [-0.39, 0.29) is 5.82 Å². The van der Waals surface area contributed by atoms with Crippen LogP contribution in [-0.4, -0.2) is 16.8 Å². The fraction of sp³-hybridized carbons (Fsp3) is 0.308. The minimum Gasteiger partial charge on any atom is -0.316 e. The van der Waals surface area contributed by atoms with Gasteiger partial charge in [-0.3, -0.25) is 4.68 Å². The molecule has 1 aromatic carbocycles. The zero-order valence-electron chi connectivity index (χ0n) is 10.3. The molecule has 0 bridgehead atoms. The van der Waals surface area contributed by atoms with Crippen LogP contribution in [0.1, 0.15) is 11.3 Å². The van der Waals surface area contributed by atoms with E-state index in [0.717, 1.165) is 16.8 Å². The molecule has 0 unspecified atom stereocenters. The number of aryl methyl sites for hydroxylation is 2. The molecule has 0 aliphatic rings. The lowest BCUT2D eigenvalue weighted by Crippen LogP contribution is -2.07. The first-order chi connectivity index (χ1) is 8.11. The molecule has 17 heavy (non-hydrogen) atoms. The van der Waals surface area contributed by atoms with Crippen molar-refractivity contribution >= 4 is 0 Å². The average Bonchev–Trinajstić information content (AvgIpc) is 2.61. The van der Waals surface area contributed by atoms with Gasteiger partial charge in [-0.25, -0.2) is 4.39 Å². The Hall–Kier alpha value is -1.68. The van der Waals surface area contributed by atoms with Crippen LogP contribution in [0.15, 0.2) is 24.4 Å². The van der Waals surface area contributed by atoms with Crippen LogP contribution in [0.3, 0.4) is 0 Å². The van der Waals surface area contributed by atoms with Gasteiger partial charge in [-0.1, -0.05) is 6.07 Å². The molecule has 1 aromatic heterocycles. The molecule has 3 nitrogen and oxygen atoms in total.